The van der Waals surface area contributed by atoms with Gasteiger partial charge in [-0.3, -0.25) is 0 Å². The SMILES string of the molecule is O=[N+]([O-])c1nc(S(=O)(=O)Cl)c(C(F)(F)F)cc1OC(F)(F)F. The van der Waals surface area contributed by atoms with Gasteiger partial charge in [0, 0.05) is 16.7 Å². The van der Waals surface area contributed by atoms with Gasteiger partial charge in [-0.1, -0.05) is 0 Å². The van der Waals surface area contributed by atoms with Crippen molar-refractivity contribution in [2.24, 2.45) is 0 Å². The molecule has 0 saturated heterocycles. The quantitative estimate of drug-likeness (QED) is 0.349. The van der Waals surface area contributed by atoms with Crippen molar-refractivity contribution in [2.75, 3.05) is 0 Å². The van der Waals surface area contributed by atoms with Gasteiger partial charge in [-0.2, -0.15) is 13.2 Å². The van der Waals surface area contributed by atoms with E-state index in [0.29, 0.717) is 0 Å². The first kappa shape index (κ1) is 18.2. The standard InChI is InChI=1S/C7HClF6N2O5S/c8-22(19,20)5-2(6(9,10)11)1-3(21-7(12,13)14)4(15-5)16(17)18/h1H. The van der Waals surface area contributed by atoms with Gasteiger partial charge < -0.3 is 14.9 Å². The number of aromatic nitrogens is 1. The van der Waals surface area contributed by atoms with E-state index >= 15 is 0 Å². The van der Waals surface area contributed by atoms with Crippen molar-refractivity contribution in [3.63, 3.8) is 0 Å². The zero-order chi connectivity index (χ0) is 17.5. The molecule has 124 valence electrons. The summed E-state index contributed by atoms with van der Waals surface area (Å²) >= 11 is 0. The topological polar surface area (TPSA) is 99.4 Å². The number of halogens is 7. The predicted octanol–water partition coefficient (Wildman–Crippen LogP) is 2.83. The molecule has 22 heavy (non-hydrogen) atoms. The molecule has 0 aromatic carbocycles. The molecule has 1 rings (SSSR count). The predicted molar refractivity (Wildman–Crippen MR) is 55.6 cm³/mol. The Kier molecular flexibility index (Phi) is 4.49. The van der Waals surface area contributed by atoms with Crippen LogP contribution in [0.1, 0.15) is 5.56 Å². The maximum absolute atomic E-state index is 12.7. The van der Waals surface area contributed by atoms with Gasteiger partial charge in [0.25, 0.3) is 5.03 Å². The van der Waals surface area contributed by atoms with Crippen molar-refractivity contribution in [2.45, 2.75) is 17.6 Å². The van der Waals surface area contributed by atoms with Crippen molar-refractivity contribution in [3.8, 4) is 5.75 Å². The minimum atomic E-state index is -5.57. The average molecular weight is 375 g/mol. The van der Waals surface area contributed by atoms with Crippen molar-refractivity contribution < 1.29 is 44.4 Å². The summed E-state index contributed by atoms with van der Waals surface area (Å²) in [7, 11) is -0.577. The second-order valence-electron chi connectivity index (χ2n) is 3.40. The summed E-state index contributed by atoms with van der Waals surface area (Å²) in [6.07, 6.45) is -11.1. The van der Waals surface area contributed by atoms with E-state index in [1.807, 2.05) is 0 Å². The largest absolute Gasteiger partial charge is 0.573 e. The number of nitro groups is 1. The molecule has 0 N–H and O–H groups in total. The van der Waals surface area contributed by atoms with E-state index in [2.05, 4.69) is 20.4 Å². The van der Waals surface area contributed by atoms with E-state index < -0.39 is 54.7 Å². The van der Waals surface area contributed by atoms with Gasteiger partial charge in [-0.05, 0) is 9.91 Å². The van der Waals surface area contributed by atoms with Crippen molar-refractivity contribution >= 4 is 25.6 Å². The smallest absolute Gasteiger partial charge is 0.397 e. The average Bonchev–Trinajstić information content (AvgIpc) is 2.22. The first-order valence-corrected chi connectivity index (χ1v) is 6.91. The van der Waals surface area contributed by atoms with Gasteiger partial charge in [-0.15, -0.1) is 13.2 Å². The van der Waals surface area contributed by atoms with Crippen LogP contribution in [0.2, 0.25) is 0 Å². The molecule has 0 saturated carbocycles. The lowest BCUT2D eigenvalue weighted by Crippen LogP contribution is -2.20. The van der Waals surface area contributed by atoms with Crippen LogP contribution in [0.15, 0.2) is 11.1 Å². The molecule has 7 nitrogen and oxygen atoms in total. The molecule has 0 atom stereocenters. The van der Waals surface area contributed by atoms with E-state index in [1.54, 1.807) is 0 Å². The number of ether oxygens (including phenoxy) is 1. The van der Waals surface area contributed by atoms with Gasteiger partial charge in [0.2, 0.25) is 5.75 Å². The molecule has 0 radical (unpaired) electrons. The fourth-order valence-corrected chi connectivity index (χ4v) is 2.17. The minimum Gasteiger partial charge on any atom is -0.397 e. The summed E-state index contributed by atoms with van der Waals surface area (Å²) < 4.78 is 99.1. The van der Waals surface area contributed by atoms with Crippen LogP contribution in [0.5, 0.6) is 5.75 Å². The van der Waals surface area contributed by atoms with E-state index in [-0.39, 0.29) is 0 Å². The third-order valence-corrected chi connectivity index (χ3v) is 3.08. The number of hydrogen-bond acceptors (Lipinski definition) is 6. The zero-order valence-electron chi connectivity index (χ0n) is 9.57. The molecule has 0 spiro atoms. The highest BCUT2D eigenvalue weighted by atomic mass is 35.7. The van der Waals surface area contributed by atoms with E-state index in [0.717, 1.165) is 0 Å². The van der Waals surface area contributed by atoms with Gasteiger partial charge in [0.05, 0.1) is 0 Å². The highest BCUT2D eigenvalue weighted by Gasteiger charge is 2.45. The molecule has 0 fully saturated rings. The van der Waals surface area contributed by atoms with Crippen LogP contribution in [0.25, 0.3) is 0 Å². The van der Waals surface area contributed by atoms with Gasteiger partial charge >= 0.3 is 27.4 Å². The Morgan fingerprint density at radius 2 is 1.73 bits per heavy atom. The maximum atomic E-state index is 12.7. The Labute approximate surface area is 121 Å². The summed E-state index contributed by atoms with van der Waals surface area (Å²) in [5, 5.41) is 8.51. The summed E-state index contributed by atoms with van der Waals surface area (Å²) in [5.41, 5.74) is -2.24. The number of alkyl halides is 6. The Morgan fingerprint density at radius 1 is 1.23 bits per heavy atom. The summed E-state index contributed by atoms with van der Waals surface area (Å²) in [5.74, 6) is -3.83. The van der Waals surface area contributed by atoms with Crippen LogP contribution >= 0.6 is 10.7 Å². The van der Waals surface area contributed by atoms with Crippen molar-refractivity contribution in [1.82, 2.24) is 4.98 Å². The lowest BCUT2D eigenvalue weighted by molar-refractivity contribution is -0.393. The third-order valence-electron chi connectivity index (χ3n) is 1.87. The third kappa shape index (κ3) is 4.33. The minimum absolute atomic E-state index is 0.520. The Balaban J connectivity index is 3.77. The highest BCUT2D eigenvalue weighted by Crippen LogP contribution is 2.41. The number of pyridine rings is 1. The molecule has 1 heterocycles. The molecule has 1 aromatic heterocycles. The molecular weight excluding hydrogens is 374 g/mol. The molecule has 15 heteroatoms. The second-order valence-corrected chi connectivity index (χ2v) is 5.88. The first-order chi connectivity index (χ1) is 9.63. The fourth-order valence-electron chi connectivity index (χ4n) is 1.19. The number of rotatable bonds is 3. The van der Waals surface area contributed by atoms with E-state index in [1.165, 1.54) is 0 Å². The molecule has 0 aliphatic heterocycles. The van der Waals surface area contributed by atoms with Crippen LogP contribution in [-0.2, 0) is 15.2 Å². The monoisotopic (exact) mass is 374 g/mol. The zero-order valence-corrected chi connectivity index (χ0v) is 11.1. The first-order valence-electron chi connectivity index (χ1n) is 4.60. The van der Waals surface area contributed by atoms with E-state index in [4.69, 9.17) is 0 Å². The van der Waals surface area contributed by atoms with Crippen LogP contribution in [0.4, 0.5) is 32.2 Å². The number of hydrogen-bond donors (Lipinski definition) is 0. The van der Waals surface area contributed by atoms with Crippen molar-refractivity contribution in [1.29, 1.82) is 0 Å². The lowest BCUT2D eigenvalue weighted by atomic mass is 10.2. The molecule has 0 aliphatic rings. The Morgan fingerprint density at radius 3 is 2.05 bits per heavy atom. The molecule has 0 aliphatic carbocycles. The van der Waals surface area contributed by atoms with Crippen LogP contribution in [-0.4, -0.2) is 24.7 Å². The second kappa shape index (κ2) is 5.42. The summed E-state index contributed by atoms with van der Waals surface area (Å²) in [6, 6.07) is -0.520. The molecular formula is C7HClF6N2O5S. The van der Waals surface area contributed by atoms with E-state index in [9.17, 15) is 44.9 Å². The van der Waals surface area contributed by atoms with Crippen molar-refractivity contribution in [3.05, 3.63) is 21.7 Å². The molecule has 1 aromatic rings. The van der Waals surface area contributed by atoms with Crippen LogP contribution < -0.4 is 4.74 Å². The molecule has 0 unspecified atom stereocenters. The summed E-state index contributed by atoms with van der Waals surface area (Å²) in [4.78, 5) is 11.3. The summed E-state index contributed by atoms with van der Waals surface area (Å²) in [6.45, 7) is 0. The molecule has 0 bridgehead atoms. The van der Waals surface area contributed by atoms with Crippen LogP contribution in [0.3, 0.4) is 0 Å². The van der Waals surface area contributed by atoms with Gasteiger partial charge in [0.1, 0.15) is 5.56 Å². The highest BCUT2D eigenvalue weighted by molar-refractivity contribution is 8.13. The fraction of sp³-hybridized carbons (Fsp3) is 0.286. The normalized spacial score (nSPS) is 13.0. The lowest BCUT2D eigenvalue weighted by Gasteiger charge is -2.12. The number of nitrogens with zero attached hydrogens (tertiary/aromatic N) is 2. The van der Waals surface area contributed by atoms with Gasteiger partial charge in [-0.25, -0.2) is 8.42 Å². The molecule has 0 amide bonds. The Hall–Kier alpha value is -1.83. The van der Waals surface area contributed by atoms with Gasteiger partial charge in [0.15, 0.2) is 0 Å². The maximum Gasteiger partial charge on any atom is 0.573 e. The Bertz CT molecular complexity index is 715. The van der Waals surface area contributed by atoms with Crippen LogP contribution in [0, 0.1) is 10.1 Å².